The average Bonchev–Trinajstić information content (AvgIpc) is 2.37. The van der Waals surface area contributed by atoms with Crippen molar-refractivity contribution in [2.24, 2.45) is 7.05 Å². The van der Waals surface area contributed by atoms with Gasteiger partial charge < -0.3 is 5.32 Å². The van der Waals surface area contributed by atoms with Crippen LogP contribution in [0.4, 0.5) is 5.82 Å². The molecule has 0 saturated carbocycles. The molecule has 0 atom stereocenters. The third-order valence-electron chi connectivity index (χ3n) is 3.20. The summed E-state index contributed by atoms with van der Waals surface area (Å²) in [6.45, 7) is 4.67. The van der Waals surface area contributed by atoms with E-state index in [0.29, 0.717) is 12.4 Å². The van der Waals surface area contributed by atoms with Crippen LogP contribution in [0.15, 0.2) is 33.9 Å². The molecule has 0 saturated heterocycles. The molecule has 5 heteroatoms. The van der Waals surface area contributed by atoms with Gasteiger partial charge in [-0.1, -0.05) is 18.2 Å². The first-order valence-corrected chi connectivity index (χ1v) is 6.08. The van der Waals surface area contributed by atoms with Gasteiger partial charge >= 0.3 is 5.69 Å². The highest BCUT2D eigenvalue weighted by Gasteiger charge is 2.01. The molecule has 1 heterocycles. The van der Waals surface area contributed by atoms with Gasteiger partial charge in [0.05, 0.1) is 0 Å². The molecule has 0 aliphatic carbocycles. The fourth-order valence-corrected chi connectivity index (χ4v) is 1.76. The summed E-state index contributed by atoms with van der Waals surface area (Å²) in [5, 5.41) is 3.05. The van der Waals surface area contributed by atoms with Gasteiger partial charge in [0.15, 0.2) is 0 Å². The molecule has 100 valence electrons. The van der Waals surface area contributed by atoms with Gasteiger partial charge in [-0.25, -0.2) is 4.79 Å². The Kier molecular flexibility index (Phi) is 3.55. The van der Waals surface area contributed by atoms with Crippen LogP contribution in [0.5, 0.6) is 0 Å². The molecule has 19 heavy (non-hydrogen) atoms. The van der Waals surface area contributed by atoms with E-state index in [2.05, 4.69) is 36.3 Å². The van der Waals surface area contributed by atoms with Crippen LogP contribution in [0.25, 0.3) is 0 Å². The Morgan fingerprint density at radius 2 is 1.89 bits per heavy atom. The van der Waals surface area contributed by atoms with Gasteiger partial charge in [0.25, 0.3) is 5.56 Å². The molecule has 5 nitrogen and oxygen atoms in total. The monoisotopic (exact) mass is 259 g/mol. The fourth-order valence-electron chi connectivity index (χ4n) is 1.76. The summed E-state index contributed by atoms with van der Waals surface area (Å²) in [5.74, 6) is 0.436. The highest BCUT2D eigenvalue weighted by molar-refractivity contribution is 5.36. The van der Waals surface area contributed by atoms with E-state index >= 15 is 0 Å². The number of aromatic amines is 1. The average molecular weight is 259 g/mol. The van der Waals surface area contributed by atoms with E-state index in [4.69, 9.17) is 0 Å². The summed E-state index contributed by atoms with van der Waals surface area (Å²) in [6, 6.07) is 7.54. The van der Waals surface area contributed by atoms with Crippen LogP contribution in [-0.4, -0.2) is 9.55 Å². The van der Waals surface area contributed by atoms with Crippen LogP contribution in [0.1, 0.15) is 16.7 Å². The van der Waals surface area contributed by atoms with Gasteiger partial charge in [0.2, 0.25) is 0 Å². The number of hydrogen-bond acceptors (Lipinski definition) is 3. The third-order valence-corrected chi connectivity index (χ3v) is 3.20. The van der Waals surface area contributed by atoms with E-state index in [1.165, 1.54) is 24.2 Å². The van der Waals surface area contributed by atoms with Crippen LogP contribution >= 0.6 is 0 Å². The van der Waals surface area contributed by atoms with Crippen molar-refractivity contribution in [3.05, 3.63) is 61.8 Å². The summed E-state index contributed by atoms with van der Waals surface area (Å²) >= 11 is 0. The molecular weight excluding hydrogens is 242 g/mol. The maximum absolute atomic E-state index is 11.5. The lowest BCUT2D eigenvalue weighted by Gasteiger charge is -2.08. The quantitative estimate of drug-likeness (QED) is 0.873. The molecular formula is C14H17N3O2. The standard InChI is InChI=1S/C14H17N3O2/c1-9-4-5-11(6-10(9)2)8-15-12-7-13(18)17(3)14(19)16-12/h4-7,15H,8H2,1-3H3,(H,16,19). The van der Waals surface area contributed by atoms with Gasteiger partial charge in [0.1, 0.15) is 5.82 Å². The molecule has 2 aromatic rings. The first-order chi connectivity index (χ1) is 8.97. The number of H-pyrrole nitrogens is 1. The number of aromatic nitrogens is 2. The van der Waals surface area contributed by atoms with Crippen LogP contribution in [-0.2, 0) is 13.6 Å². The van der Waals surface area contributed by atoms with E-state index in [0.717, 1.165) is 10.1 Å². The number of aryl methyl sites for hydroxylation is 2. The molecule has 0 amide bonds. The molecule has 1 aromatic heterocycles. The van der Waals surface area contributed by atoms with Crippen LogP contribution in [0.3, 0.4) is 0 Å². The highest BCUT2D eigenvalue weighted by Crippen LogP contribution is 2.10. The number of nitrogens with one attached hydrogen (secondary N) is 2. The second kappa shape index (κ2) is 5.14. The molecule has 2 N–H and O–H groups in total. The first kappa shape index (κ1) is 13.1. The van der Waals surface area contributed by atoms with Crippen molar-refractivity contribution in [1.82, 2.24) is 9.55 Å². The molecule has 0 fully saturated rings. The van der Waals surface area contributed by atoms with Crippen LogP contribution < -0.4 is 16.6 Å². The van der Waals surface area contributed by atoms with E-state index in [-0.39, 0.29) is 5.56 Å². The van der Waals surface area contributed by atoms with E-state index in [9.17, 15) is 9.59 Å². The second-order valence-electron chi connectivity index (χ2n) is 4.66. The SMILES string of the molecule is Cc1ccc(CNc2cc(=O)n(C)c(=O)[nH]2)cc1C. The number of benzene rings is 1. The summed E-state index contributed by atoms with van der Waals surface area (Å²) in [5.41, 5.74) is 2.81. The van der Waals surface area contributed by atoms with Gasteiger partial charge in [-0.3, -0.25) is 14.3 Å². The number of anilines is 1. The molecule has 0 spiro atoms. The maximum Gasteiger partial charge on any atom is 0.329 e. The molecule has 0 aliphatic heterocycles. The van der Waals surface area contributed by atoms with Gasteiger partial charge in [0, 0.05) is 19.7 Å². The van der Waals surface area contributed by atoms with Gasteiger partial charge in [-0.2, -0.15) is 0 Å². The normalized spacial score (nSPS) is 10.5. The number of hydrogen-bond donors (Lipinski definition) is 2. The molecule has 0 bridgehead atoms. The molecule has 2 rings (SSSR count). The fraction of sp³-hybridized carbons (Fsp3) is 0.286. The highest BCUT2D eigenvalue weighted by atomic mass is 16.2. The summed E-state index contributed by atoms with van der Waals surface area (Å²) in [7, 11) is 1.44. The predicted octanol–water partition coefficient (Wildman–Crippen LogP) is 1.30. The second-order valence-corrected chi connectivity index (χ2v) is 4.66. The lowest BCUT2D eigenvalue weighted by atomic mass is 10.1. The van der Waals surface area contributed by atoms with Crippen LogP contribution in [0.2, 0.25) is 0 Å². The number of nitrogens with zero attached hydrogens (tertiary/aromatic N) is 1. The Balaban J connectivity index is 2.17. The Bertz CT molecular complexity index is 682. The Hall–Kier alpha value is -2.30. The Morgan fingerprint density at radius 1 is 1.16 bits per heavy atom. The zero-order valence-electron chi connectivity index (χ0n) is 11.3. The minimum atomic E-state index is -0.421. The van der Waals surface area contributed by atoms with Crippen molar-refractivity contribution in [1.29, 1.82) is 0 Å². The van der Waals surface area contributed by atoms with Gasteiger partial charge in [-0.05, 0) is 30.5 Å². The van der Waals surface area contributed by atoms with Crippen molar-refractivity contribution in [2.45, 2.75) is 20.4 Å². The van der Waals surface area contributed by atoms with Crippen LogP contribution in [0, 0.1) is 13.8 Å². The zero-order chi connectivity index (χ0) is 14.0. The lowest BCUT2D eigenvalue weighted by Crippen LogP contribution is -2.32. The predicted molar refractivity (Wildman–Crippen MR) is 75.5 cm³/mol. The maximum atomic E-state index is 11.5. The first-order valence-electron chi connectivity index (χ1n) is 6.08. The Labute approximate surface area is 110 Å². The van der Waals surface area contributed by atoms with Crippen molar-refractivity contribution in [2.75, 3.05) is 5.32 Å². The summed E-state index contributed by atoms with van der Waals surface area (Å²) in [4.78, 5) is 25.5. The zero-order valence-corrected chi connectivity index (χ0v) is 11.3. The third kappa shape index (κ3) is 2.93. The van der Waals surface area contributed by atoms with Crippen molar-refractivity contribution in [3.8, 4) is 0 Å². The van der Waals surface area contributed by atoms with Crippen molar-refractivity contribution >= 4 is 5.82 Å². The molecule has 0 unspecified atom stereocenters. The van der Waals surface area contributed by atoms with Gasteiger partial charge in [-0.15, -0.1) is 0 Å². The molecule has 0 aliphatic rings. The topological polar surface area (TPSA) is 66.9 Å². The lowest BCUT2D eigenvalue weighted by molar-refractivity contribution is 0.776. The summed E-state index contributed by atoms with van der Waals surface area (Å²) in [6.07, 6.45) is 0. The summed E-state index contributed by atoms with van der Waals surface area (Å²) < 4.78 is 1.03. The minimum Gasteiger partial charge on any atom is -0.367 e. The Morgan fingerprint density at radius 3 is 2.53 bits per heavy atom. The van der Waals surface area contributed by atoms with Crippen molar-refractivity contribution < 1.29 is 0 Å². The number of rotatable bonds is 3. The van der Waals surface area contributed by atoms with E-state index < -0.39 is 5.69 Å². The van der Waals surface area contributed by atoms with E-state index in [1.807, 2.05) is 6.07 Å². The largest absolute Gasteiger partial charge is 0.367 e. The van der Waals surface area contributed by atoms with E-state index in [1.54, 1.807) is 0 Å². The molecule has 1 aromatic carbocycles. The smallest absolute Gasteiger partial charge is 0.329 e. The van der Waals surface area contributed by atoms with Crippen molar-refractivity contribution in [3.63, 3.8) is 0 Å². The molecule has 0 radical (unpaired) electrons. The minimum absolute atomic E-state index is 0.327.